The number of piperidine rings is 1. The molecular formula is C17H20Cl2N2O2. The first-order valence-electron chi connectivity index (χ1n) is 7.73. The van der Waals surface area contributed by atoms with Crippen LogP contribution in [0.1, 0.15) is 31.7 Å². The third kappa shape index (κ3) is 4.92. The molecule has 0 radical (unpaired) electrons. The maximum atomic E-state index is 12.4. The number of benzene rings is 1. The number of ketones is 1. The number of nitrogens with zero attached hydrogens (tertiary/aromatic N) is 2. The van der Waals surface area contributed by atoms with Gasteiger partial charge < -0.3 is 0 Å². The number of Topliss-reactive ketones (excluding diaryl/α,β-unsaturated/α-hetero) is 1. The van der Waals surface area contributed by atoms with Crippen molar-refractivity contribution in [3.05, 3.63) is 33.8 Å². The molecule has 1 fully saturated rings. The van der Waals surface area contributed by atoms with Gasteiger partial charge in [-0.3, -0.25) is 9.63 Å². The van der Waals surface area contributed by atoms with Gasteiger partial charge in [-0.1, -0.05) is 29.3 Å². The van der Waals surface area contributed by atoms with Crippen molar-refractivity contribution in [2.75, 3.05) is 19.7 Å². The van der Waals surface area contributed by atoms with E-state index >= 15 is 0 Å². The highest BCUT2D eigenvalue weighted by Crippen LogP contribution is 2.35. The van der Waals surface area contributed by atoms with Gasteiger partial charge in [-0.25, -0.2) is 0 Å². The van der Waals surface area contributed by atoms with E-state index in [1.54, 1.807) is 18.2 Å². The number of hydroxylamine groups is 2. The highest BCUT2D eigenvalue weighted by atomic mass is 35.5. The largest absolute Gasteiger partial charge is 0.299 e. The first-order chi connectivity index (χ1) is 11.0. The number of carbonyl (C=O) groups is 1. The summed E-state index contributed by atoms with van der Waals surface area (Å²) in [7, 11) is 0. The van der Waals surface area contributed by atoms with E-state index in [4.69, 9.17) is 28.0 Å². The van der Waals surface area contributed by atoms with E-state index in [-0.39, 0.29) is 18.6 Å². The maximum absolute atomic E-state index is 12.4. The third-order valence-electron chi connectivity index (χ3n) is 4.17. The molecule has 23 heavy (non-hydrogen) atoms. The summed E-state index contributed by atoms with van der Waals surface area (Å²) in [5, 5.41) is 12.5. The molecule has 4 nitrogen and oxygen atoms in total. The highest BCUT2D eigenvalue weighted by Gasteiger charge is 2.37. The van der Waals surface area contributed by atoms with Crippen LogP contribution in [0.2, 0.25) is 10.0 Å². The van der Waals surface area contributed by atoms with Crippen molar-refractivity contribution in [1.29, 1.82) is 5.26 Å². The van der Waals surface area contributed by atoms with Crippen LogP contribution in [0.25, 0.3) is 0 Å². The fraction of sp³-hybridized carbons (Fsp3) is 0.529. The quantitative estimate of drug-likeness (QED) is 0.772. The Morgan fingerprint density at radius 1 is 1.39 bits per heavy atom. The van der Waals surface area contributed by atoms with Gasteiger partial charge in [-0.05, 0) is 37.5 Å². The molecule has 0 saturated carbocycles. The molecule has 1 heterocycles. The smallest absolute Gasteiger partial charge is 0.138 e. The number of carbonyl (C=O) groups excluding carboxylic acids is 1. The van der Waals surface area contributed by atoms with Crippen LogP contribution in [0.4, 0.5) is 0 Å². The predicted octanol–water partition coefficient (Wildman–Crippen LogP) is 4.05. The van der Waals surface area contributed by atoms with Crippen molar-refractivity contribution >= 4 is 29.0 Å². The molecule has 0 N–H and O–H groups in total. The lowest BCUT2D eigenvalue weighted by molar-refractivity contribution is -0.175. The molecule has 0 aromatic heterocycles. The van der Waals surface area contributed by atoms with Crippen LogP contribution in [0, 0.1) is 16.7 Å². The van der Waals surface area contributed by atoms with Crippen LogP contribution in [0.5, 0.6) is 0 Å². The number of rotatable bonds is 6. The lowest BCUT2D eigenvalue weighted by Gasteiger charge is -2.36. The van der Waals surface area contributed by atoms with E-state index in [0.29, 0.717) is 42.6 Å². The normalized spacial score (nSPS) is 17.7. The molecule has 0 unspecified atom stereocenters. The molecule has 0 bridgehead atoms. The summed E-state index contributed by atoms with van der Waals surface area (Å²) < 4.78 is 0. The average molecular weight is 355 g/mol. The summed E-state index contributed by atoms with van der Waals surface area (Å²) in [6, 6.07) is 7.48. The van der Waals surface area contributed by atoms with Gasteiger partial charge >= 0.3 is 0 Å². The van der Waals surface area contributed by atoms with Crippen LogP contribution in [0.15, 0.2) is 18.2 Å². The van der Waals surface area contributed by atoms with Crippen molar-refractivity contribution in [1.82, 2.24) is 5.06 Å². The zero-order chi connectivity index (χ0) is 16.9. The van der Waals surface area contributed by atoms with Gasteiger partial charge in [0.1, 0.15) is 5.78 Å². The van der Waals surface area contributed by atoms with Crippen LogP contribution in [-0.4, -0.2) is 30.5 Å². The topological polar surface area (TPSA) is 53.3 Å². The molecule has 0 aliphatic carbocycles. The third-order valence-corrected chi connectivity index (χ3v) is 4.75. The van der Waals surface area contributed by atoms with Gasteiger partial charge in [0.25, 0.3) is 0 Å². The van der Waals surface area contributed by atoms with Gasteiger partial charge in [-0.15, -0.1) is 0 Å². The van der Waals surface area contributed by atoms with Crippen LogP contribution < -0.4 is 0 Å². The fourth-order valence-electron chi connectivity index (χ4n) is 2.87. The molecule has 2 rings (SSSR count). The summed E-state index contributed by atoms with van der Waals surface area (Å²) in [6.45, 7) is 3.91. The number of hydrogen-bond acceptors (Lipinski definition) is 4. The lowest BCUT2D eigenvalue weighted by atomic mass is 9.75. The minimum absolute atomic E-state index is 0.0284. The Labute approximate surface area is 146 Å². The monoisotopic (exact) mass is 354 g/mol. The molecule has 124 valence electrons. The van der Waals surface area contributed by atoms with Crippen molar-refractivity contribution < 1.29 is 9.63 Å². The molecule has 1 saturated heterocycles. The number of halogens is 2. The lowest BCUT2D eigenvalue weighted by Crippen LogP contribution is -2.40. The summed E-state index contributed by atoms with van der Waals surface area (Å²) in [5.74, 6) is 0.0284. The Balaban J connectivity index is 1.97. The predicted molar refractivity (Wildman–Crippen MR) is 90.3 cm³/mol. The van der Waals surface area contributed by atoms with Gasteiger partial charge in [-0.2, -0.15) is 10.3 Å². The Morgan fingerprint density at radius 3 is 2.65 bits per heavy atom. The van der Waals surface area contributed by atoms with Crippen molar-refractivity contribution in [3.8, 4) is 6.07 Å². The standard InChI is InChI=1S/C17H20Cl2N2O2/c1-2-23-21-7-5-17(12-20,6-8-21)11-15(22)9-13-3-4-14(18)10-16(13)19/h3-4,10H,2,5-9,11H2,1H3. The van der Waals surface area contributed by atoms with E-state index in [1.165, 1.54) is 0 Å². The minimum Gasteiger partial charge on any atom is -0.299 e. The average Bonchev–Trinajstić information content (AvgIpc) is 2.52. The van der Waals surface area contributed by atoms with E-state index < -0.39 is 5.41 Å². The molecular weight excluding hydrogens is 335 g/mol. The van der Waals surface area contributed by atoms with Crippen LogP contribution >= 0.6 is 23.2 Å². The molecule has 1 aromatic carbocycles. The highest BCUT2D eigenvalue weighted by molar-refractivity contribution is 6.35. The number of nitriles is 1. The van der Waals surface area contributed by atoms with Crippen molar-refractivity contribution in [2.24, 2.45) is 5.41 Å². The molecule has 0 spiro atoms. The molecule has 6 heteroatoms. The van der Waals surface area contributed by atoms with Crippen LogP contribution in [0.3, 0.4) is 0 Å². The Hall–Kier alpha value is -1.12. The summed E-state index contributed by atoms with van der Waals surface area (Å²) in [5.41, 5.74) is 0.157. The first-order valence-corrected chi connectivity index (χ1v) is 8.48. The van der Waals surface area contributed by atoms with Gasteiger partial charge in [0, 0.05) is 36.0 Å². The SMILES string of the molecule is CCON1CCC(C#N)(CC(=O)Cc2ccc(Cl)cc2Cl)CC1. The second-order valence-corrected chi connectivity index (χ2v) is 6.71. The van der Waals surface area contributed by atoms with Crippen LogP contribution in [-0.2, 0) is 16.1 Å². The van der Waals surface area contributed by atoms with E-state index in [1.807, 2.05) is 12.0 Å². The van der Waals surface area contributed by atoms with Gasteiger partial charge in [0.2, 0.25) is 0 Å². The molecule has 1 aliphatic heterocycles. The number of hydrogen-bond donors (Lipinski definition) is 0. The summed E-state index contributed by atoms with van der Waals surface area (Å²) in [4.78, 5) is 17.9. The van der Waals surface area contributed by atoms with E-state index in [9.17, 15) is 10.1 Å². The second-order valence-electron chi connectivity index (χ2n) is 5.87. The zero-order valence-corrected chi connectivity index (χ0v) is 14.7. The van der Waals surface area contributed by atoms with E-state index in [2.05, 4.69) is 6.07 Å². The summed E-state index contributed by atoms with van der Waals surface area (Å²) >= 11 is 12.0. The van der Waals surface area contributed by atoms with Gasteiger partial charge in [0.15, 0.2) is 0 Å². The Morgan fingerprint density at radius 2 is 2.09 bits per heavy atom. The molecule has 1 aliphatic rings. The summed E-state index contributed by atoms with van der Waals surface area (Å²) in [6.07, 6.45) is 1.77. The minimum atomic E-state index is -0.594. The Bertz CT molecular complexity index is 605. The molecule has 1 aromatic rings. The Kier molecular flexibility index (Phi) is 6.43. The fourth-order valence-corrected chi connectivity index (χ4v) is 3.35. The maximum Gasteiger partial charge on any atom is 0.138 e. The second kappa shape index (κ2) is 8.12. The van der Waals surface area contributed by atoms with E-state index in [0.717, 1.165) is 5.56 Å². The molecule has 0 atom stereocenters. The first kappa shape index (κ1) is 18.2. The molecule has 0 amide bonds. The van der Waals surface area contributed by atoms with Crippen molar-refractivity contribution in [2.45, 2.75) is 32.6 Å². The van der Waals surface area contributed by atoms with Gasteiger partial charge in [0.05, 0.1) is 18.1 Å². The van der Waals surface area contributed by atoms with Crippen molar-refractivity contribution in [3.63, 3.8) is 0 Å². The zero-order valence-electron chi connectivity index (χ0n) is 13.1.